The van der Waals surface area contributed by atoms with Crippen LogP contribution in [0.3, 0.4) is 0 Å². The van der Waals surface area contributed by atoms with Crippen LogP contribution in [0, 0.1) is 0 Å². The first-order valence-electron chi connectivity index (χ1n) is 5.71. The van der Waals surface area contributed by atoms with Gasteiger partial charge < -0.3 is 10.1 Å². The number of benzene rings is 2. The van der Waals surface area contributed by atoms with Gasteiger partial charge in [0.25, 0.3) is 0 Å². The highest BCUT2D eigenvalue weighted by molar-refractivity contribution is 5.89. The van der Waals surface area contributed by atoms with Crippen molar-refractivity contribution in [2.75, 3.05) is 12.4 Å². The zero-order valence-electron chi connectivity index (χ0n) is 10.4. The van der Waals surface area contributed by atoms with Gasteiger partial charge in [0.05, 0.1) is 7.11 Å². The Morgan fingerprint density at radius 1 is 0.944 bits per heavy atom. The van der Waals surface area contributed by atoms with Crippen molar-refractivity contribution in [1.82, 2.24) is 0 Å². The number of anilines is 1. The molecule has 18 heavy (non-hydrogen) atoms. The lowest BCUT2D eigenvalue weighted by atomic mass is 10.1. The Kier molecular flexibility index (Phi) is 3.63. The van der Waals surface area contributed by atoms with Gasteiger partial charge in [-0.05, 0) is 35.4 Å². The highest BCUT2D eigenvalue weighted by atomic mass is 16.5. The zero-order valence-corrected chi connectivity index (χ0v) is 10.4. The molecular formula is C15H15NO2. The molecule has 0 bridgehead atoms. The lowest BCUT2D eigenvalue weighted by molar-refractivity contribution is -0.114. The maximum atomic E-state index is 10.9. The highest BCUT2D eigenvalue weighted by Gasteiger charge is 1.99. The first kappa shape index (κ1) is 12.2. The Labute approximate surface area is 106 Å². The van der Waals surface area contributed by atoms with Crippen molar-refractivity contribution in [3.8, 4) is 16.9 Å². The van der Waals surface area contributed by atoms with E-state index in [-0.39, 0.29) is 5.91 Å². The molecule has 0 atom stereocenters. The molecule has 92 valence electrons. The van der Waals surface area contributed by atoms with Crippen LogP contribution >= 0.6 is 0 Å². The molecule has 1 N–H and O–H groups in total. The molecule has 0 saturated heterocycles. The average molecular weight is 241 g/mol. The van der Waals surface area contributed by atoms with Crippen LogP contribution in [0.15, 0.2) is 48.5 Å². The Balaban J connectivity index is 2.20. The minimum atomic E-state index is -0.0628. The second-order valence-corrected chi connectivity index (χ2v) is 3.99. The van der Waals surface area contributed by atoms with E-state index in [0.29, 0.717) is 0 Å². The van der Waals surface area contributed by atoms with Crippen LogP contribution in [-0.2, 0) is 4.79 Å². The monoisotopic (exact) mass is 241 g/mol. The van der Waals surface area contributed by atoms with Crippen molar-refractivity contribution in [2.24, 2.45) is 0 Å². The van der Waals surface area contributed by atoms with Gasteiger partial charge in [-0.3, -0.25) is 4.79 Å². The van der Waals surface area contributed by atoms with Crippen LogP contribution < -0.4 is 10.1 Å². The van der Waals surface area contributed by atoms with Crippen LogP contribution in [0.25, 0.3) is 11.1 Å². The standard InChI is InChI=1S/C15H15NO2/c1-11(17)16-14-7-3-12(4-8-14)13-5-9-15(18-2)10-6-13/h3-10H,1-2H3,(H,16,17). The third kappa shape index (κ3) is 2.88. The van der Waals surface area contributed by atoms with Crippen LogP contribution in [0.1, 0.15) is 6.92 Å². The average Bonchev–Trinajstić information content (AvgIpc) is 2.39. The maximum absolute atomic E-state index is 10.9. The van der Waals surface area contributed by atoms with Gasteiger partial charge in [0.15, 0.2) is 0 Å². The molecular weight excluding hydrogens is 226 g/mol. The summed E-state index contributed by atoms with van der Waals surface area (Å²) in [5.41, 5.74) is 3.02. The number of carbonyl (C=O) groups excluding carboxylic acids is 1. The number of hydrogen-bond donors (Lipinski definition) is 1. The van der Waals surface area contributed by atoms with Gasteiger partial charge in [-0.2, -0.15) is 0 Å². The van der Waals surface area contributed by atoms with E-state index >= 15 is 0 Å². The van der Waals surface area contributed by atoms with E-state index in [2.05, 4.69) is 5.32 Å². The molecule has 0 aliphatic rings. The van der Waals surface area contributed by atoms with Gasteiger partial charge in [-0.15, -0.1) is 0 Å². The van der Waals surface area contributed by atoms with E-state index in [4.69, 9.17) is 4.74 Å². The lowest BCUT2D eigenvalue weighted by Gasteiger charge is -2.06. The molecule has 0 heterocycles. The minimum absolute atomic E-state index is 0.0628. The van der Waals surface area contributed by atoms with E-state index in [1.54, 1.807) is 7.11 Å². The van der Waals surface area contributed by atoms with Crippen molar-refractivity contribution >= 4 is 11.6 Å². The number of carbonyl (C=O) groups is 1. The highest BCUT2D eigenvalue weighted by Crippen LogP contribution is 2.23. The summed E-state index contributed by atoms with van der Waals surface area (Å²) in [6.45, 7) is 1.50. The molecule has 0 fully saturated rings. The number of rotatable bonds is 3. The second kappa shape index (κ2) is 5.36. The van der Waals surface area contributed by atoms with Crippen LogP contribution in [-0.4, -0.2) is 13.0 Å². The molecule has 2 aromatic rings. The van der Waals surface area contributed by atoms with Crippen molar-refractivity contribution in [3.63, 3.8) is 0 Å². The maximum Gasteiger partial charge on any atom is 0.221 e. The number of hydrogen-bond acceptors (Lipinski definition) is 2. The Morgan fingerprint density at radius 3 is 1.89 bits per heavy atom. The largest absolute Gasteiger partial charge is 0.497 e. The molecule has 0 aromatic heterocycles. The number of methoxy groups -OCH3 is 1. The summed E-state index contributed by atoms with van der Waals surface area (Å²) in [6.07, 6.45) is 0. The molecule has 3 heteroatoms. The van der Waals surface area contributed by atoms with Crippen molar-refractivity contribution in [3.05, 3.63) is 48.5 Å². The summed E-state index contributed by atoms with van der Waals surface area (Å²) < 4.78 is 5.12. The van der Waals surface area contributed by atoms with Crippen LogP contribution in [0.4, 0.5) is 5.69 Å². The molecule has 0 unspecified atom stereocenters. The van der Waals surface area contributed by atoms with Crippen molar-refractivity contribution in [1.29, 1.82) is 0 Å². The van der Waals surface area contributed by atoms with Gasteiger partial charge in [0.1, 0.15) is 5.75 Å². The second-order valence-electron chi connectivity index (χ2n) is 3.99. The van der Waals surface area contributed by atoms with E-state index < -0.39 is 0 Å². The van der Waals surface area contributed by atoms with E-state index in [0.717, 1.165) is 22.6 Å². The first-order valence-corrected chi connectivity index (χ1v) is 5.71. The zero-order chi connectivity index (χ0) is 13.0. The molecule has 2 rings (SSSR count). The Morgan fingerprint density at radius 2 is 1.44 bits per heavy atom. The van der Waals surface area contributed by atoms with E-state index in [9.17, 15) is 4.79 Å². The SMILES string of the molecule is COc1ccc(-c2ccc(NC(C)=O)cc2)cc1. The van der Waals surface area contributed by atoms with E-state index in [1.807, 2.05) is 48.5 Å². The predicted octanol–water partition coefficient (Wildman–Crippen LogP) is 3.32. The van der Waals surface area contributed by atoms with Gasteiger partial charge in [0, 0.05) is 12.6 Å². The van der Waals surface area contributed by atoms with Crippen LogP contribution in [0.2, 0.25) is 0 Å². The van der Waals surface area contributed by atoms with Gasteiger partial charge >= 0.3 is 0 Å². The third-order valence-electron chi connectivity index (χ3n) is 2.63. The fraction of sp³-hybridized carbons (Fsp3) is 0.133. The summed E-state index contributed by atoms with van der Waals surface area (Å²) in [4.78, 5) is 10.9. The van der Waals surface area contributed by atoms with Gasteiger partial charge in [-0.1, -0.05) is 24.3 Å². The molecule has 0 aliphatic carbocycles. The number of nitrogens with one attached hydrogen (secondary N) is 1. The summed E-state index contributed by atoms with van der Waals surface area (Å²) >= 11 is 0. The topological polar surface area (TPSA) is 38.3 Å². The fourth-order valence-electron chi connectivity index (χ4n) is 1.73. The van der Waals surface area contributed by atoms with Crippen LogP contribution in [0.5, 0.6) is 5.75 Å². The smallest absolute Gasteiger partial charge is 0.221 e. The van der Waals surface area contributed by atoms with Crippen molar-refractivity contribution < 1.29 is 9.53 Å². The quantitative estimate of drug-likeness (QED) is 0.895. The van der Waals surface area contributed by atoms with Gasteiger partial charge in [0.2, 0.25) is 5.91 Å². The molecule has 0 aliphatic heterocycles. The Bertz CT molecular complexity index is 529. The molecule has 3 nitrogen and oxygen atoms in total. The number of ether oxygens (including phenoxy) is 1. The predicted molar refractivity (Wildman–Crippen MR) is 72.7 cm³/mol. The van der Waals surface area contributed by atoms with E-state index in [1.165, 1.54) is 6.92 Å². The molecule has 0 saturated carbocycles. The number of amides is 1. The normalized spacial score (nSPS) is 9.89. The molecule has 0 radical (unpaired) electrons. The third-order valence-corrected chi connectivity index (χ3v) is 2.63. The summed E-state index contributed by atoms with van der Waals surface area (Å²) in [5.74, 6) is 0.779. The molecule has 2 aromatic carbocycles. The summed E-state index contributed by atoms with van der Waals surface area (Å²) in [6, 6.07) is 15.6. The minimum Gasteiger partial charge on any atom is -0.497 e. The molecule has 1 amide bonds. The van der Waals surface area contributed by atoms with Crippen molar-refractivity contribution in [2.45, 2.75) is 6.92 Å². The lowest BCUT2D eigenvalue weighted by Crippen LogP contribution is -2.05. The summed E-state index contributed by atoms with van der Waals surface area (Å²) in [5, 5.41) is 2.74. The first-order chi connectivity index (χ1) is 8.69. The fourth-order valence-corrected chi connectivity index (χ4v) is 1.73. The Hall–Kier alpha value is -2.29. The van der Waals surface area contributed by atoms with Gasteiger partial charge in [-0.25, -0.2) is 0 Å². The molecule has 0 spiro atoms. The summed E-state index contributed by atoms with van der Waals surface area (Å²) in [7, 11) is 1.65.